The summed E-state index contributed by atoms with van der Waals surface area (Å²) in [5.41, 5.74) is -0.939. The Bertz CT molecular complexity index is 311. The topological polar surface area (TPSA) is 123 Å². The molecule has 1 rings (SSSR count). The monoisotopic (exact) mass is 279 g/mol. The fraction of sp³-hybridized carbons (Fsp3) is 0.700. The molecule has 7 nitrogen and oxygen atoms in total. The summed E-state index contributed by atoms with van der Waals surface area (Å²) in [5.74, 6) is 0. The van der Waals surface area contributed by atoms with Gasteiger partial charge in [0.25, 0.3) is 0 Å². The SMILES string of the molecule is C=CC/C(=N\O)SC1OC(CO)C(O)C(O)C1O. The van der Waals surface area contributed by atoms with E-state index in [4.69, 9.17) is 15.1 Å². The molecule has 5 N–H and O–H groups in total. The average Bonchev–Trinajstić information content (AvgIpc) is 2.38. The van der Waals surface area contributed by atoms with E-state index in [-0.39, 0.29) is 11.5 Å². The van der Waals surface area contributed by atoms with Crippen LogP contribution >= 0.6 is 11.8 Å². The lowest BCUT2D eigenvalue weighted by molar-refractivity contribution is -0.205. The molecular formula is C10H17NO6S. The van der Waals surface area contributed by atoms with Crippen molar-refractivity contribution in [2.24, 2.45) is 5.16 Å². The zero-order valence-corrected chi connectivity index (χ0v) is 10.4. The van der Waals surface area contributed by atoms with E-state index in [1.54, 1.807) is 0 Å². The summed E-state index contributed by atoms with van der Waals surface area (Å²) in [6, 6.07) is 0. The standard InChI is InChI=1S/C10H17NO6S/c1-2-3-6(11-16)18-10-9(15)8(14)7(13)5(4-12)17-10/h2,5,7-10,12-16H,1,3-4H2/b11-6+. The van der Waals surface area contributed by atoms with Crippen molar-refractivity contribution in [3.8, 4) is 0 Å². The van der Waals surface area contributed by atoms with E-state index < -0.39 is 36.5 Å². The highest BCUT2D eigenvalue weighted by Gasteiger charge is 2.44. The molecule has 5 atom stereocenters. The number of aliphatic hydroxyl groups is 4. The molecule has 0 aromatic carbocycles. The molecule has 0 saturated carbocycles. The van der Waals surface area contributed by atoms with Crippen LogP contribution in [0.5, 0.6) is 0 Å². The Balaban J connectivity index is 2.72. The van der Waals surface area contributed by atoms with Crippen molar-refractivity contribution in [1.29, 1.82) is 0 Å². The molecule has 0 radical (unpaired) electrons. The van der Waals surface area contributed by atoms with E-state index in [1.807, 2.05) is 0 Å². The first kappa shape index (κ1) is 15.4. The molecular weight excluding hydrogens is 262 g/mol. The van der Waals surface area contributed by atoms with Crippen molar-refractivity contribution < 1.29 is 30.4 Å². The fourth-order valence-corrected chi connectivity index (χ4v) is 2.56. The zero-order valence-electron chi connectivity index (χ0n) is 9.59. The summed E-state index contributed by atoms with van der Waals surface area (Å²) in [5, 5.41) is 49.8. The number of thioether (sulfide) groups is 1. The number of nitrogens with zero attached hydrogens (tertiary/aromatic N) is 1. The average molecular weight is 279 g/mol. The summed E-state index contributed by atoms with van der Waals surface area (Å²) in [6.45, 7) is 2.99. The van der Waals surface area contributed by atoms with Crippen LogP contribution in [-0.2, 0) is 4.74 Å². The fourth-order valence-electron chi connectivity index (χ4n) is 1.53. The van der Waals surface area contributed by atoms with Crippen molar-refractivity contribution in [3.63, 3.8) is 0 Å². The van der Waals surface area contributed by atoms with Gasteiger partial charge in [0, 0.05) is 6.42 Å². The van der Waals surface area contributed by atoms with Crippen LogP contribution in [0.2, 0.25) is 0 Å². The minimum Gasteiger partial charge on any atom is -0.410 e. The molecule has 1 saturated heterocycles. The van der Waals surface area contributed by atoms with E-state index in [9.17, 15) is 15.3 Å². The third kappa shape index (κ3) is 3.44. The van der Waals surface area contributed by atoms with Crippen LogP contribution in [-0.4, -0.2) is 67.1 Å². The quantitative estimate of drug-likeness (QED) is 0.145. The summed E-state index contributed by atoms with van der Waals surface area (Å²) >= 11 is 0.898. The first-order valence-corrected chi connectivity index (χ1v) is 6.22. The van der Waals surface area contributed by atoms with Crippen molar-refractivity contribution in [2.45, 2.75) is 36.3 Å². The molecule has 8 heteroatoms. The molecule has 1 fully saturated rings. The lowest BCUT2D eigenvalue weighted by Gasteiger charge is -2.39. The first-order chi connectivity index (χ1) is 8.54. The van der Waals surface area contributed by atoms with Gasteiger partial charge in [0.05, 0.1) is 6.61 Å². The third-order valence-electron chi connectivity index (χ3n) is 2.53. The zero-order chi connectivity index (χ0) is 13.7. The van der Waals surface area contributed by atoms with E-state index in [1.165, 1.54) is 6.08 Å². The van der Waals surface area contributed by atoms with Crippen LogP contribution in [0.3, 0.4) is 0 Å². The molecule has 104 valence electrons. The molecule has 0 aromatic heterocycles. The molecule has 1 aliphatic rings. The van der Waals surface area contributed by atoms with Crippen LogP contribution in [0.1, 0.15) is 6.42 Å². The highest BCUT2D eigenvalue weighted by Crippen LogP contribution is 2.29. The van der Waals surface area contributed by atoms with Crippen LogP contribution < -0.4 is 0 Å². The number of rotatable bonds is 4. The Kier molecular flexibility index (Phi) is 6.06. The summed E-state index contributed by atoms with van der Waals surface area (Å²) in [7, 11) is 0. The lowest BCUT2D eigenvalue weighted by atomic mass is 10.0. The normalized spacial score (nSPS) is 37.6. The molecule has 5 unspecified atom stereocenters. The second-order valence-electron chi connectivity index (χ2n) is 3.80. The molecule has 0 aromatic rings. The first-order valence-electron chi connectivity index (χ1n) is 5.34. The van der Waals surface area contributed by atoms with Crippen molar-refractivity contribution in [1.82, 2.24) is 0 Å². The van der Waals surface area contributed by atoms with Crippen LogP contribution in [0.15, 0.2) is 17.8 Å². The number of oxime groups is 1. The van der Waals surface area contributed by atoms with Crippen LogP contribution in [0.4, 0.5) is 0 Å². The highest BCUT2D eigenvalue weighted by atomic mass is 32.2. The molecule has 18 heavy (non-hydrogen) atoms. The van der Waals surface area contributed by atoms with Gasteiger partial charge in [-0.05, 0) is 0 Å². The number of hydrogen-bond acceptors (Lipinski definition) is 8. The minimum absolute atomic E-state index is 0.245. The van der Waals surface area contributed by atoms with E-state index >= 15 is 0 Å². The van der Waals surface area contributed by atoms with Gasteiger partial charge in [-0.2, -0.15) is 0 Å². The lowest BCUT2D eigenvalue weighted by Crippen LogP contribution is -2.57. The van der Waals surface area contributed by atoms with E-state index in [0.29, 0.717) is 0 Å². The smallest absolute Gasteiger partial charge is 0.138 e. The van der Waals surface area contributed by atoms with Crippen molar-refractivity contribution in [3.05, 3.63) is 12.7 Å². The van der Waals surface area contributed by atoms with Crippen molar-refractivity contribution in [2.75, 3.05) is 6.61 Å². The van der Waals surface area contributed by atoms with Gasteiger partial charge in [0.2, 0.25) is 0 Å². The Hall–Kier alpha value is -0.640. The van der Waals surface area contributed by atoms with Gasteiger partial charge in [0.1, 0.15) is 34.9 Å². The van der Waals surface area contributed by atoms with Gasteiger partial charge < -0.3 is 30.4 Å². The number of allylic oxidation sites excluding steroid dienone is 1. The van der Waals surface area contributed by atoms with Gasteiger partial charge in [0.15, 0.2) is 0 Å². The second-order valence-corrected chi connectivity index (χ2v) is 4.97. The molecule has 0 spiro atoms. The van der Waals surface area contributed by atoms with Gasteiger partial charge in [-0.3, -0.25) is 0 Å². The Morgan fingerprint density at radius 2 is 1.94 bits per heavy atom. The molecule has 1 heterocycles. The van der Waals surface area contributed by atoms with Gasteiger partial charge in [-0.1, -0.05) is 23.0 Å². The predicted molar refractivity (Wildman–Crippen MR) is 65.4 cm³/mol. The number of hydrogen-bond donors (Lipinski definition) is 5. The second kappa shape index (κ2) is 7.07. The van der Waals surface area contributed by atoms with Gasteiger partial charge >= 0.3 is 0 Å². The van der Waals surface area contributed by atoms with Gasteiger partial charge in [-0.15, -0.1) is 6.58 Å². The van der Waals surface area contributed by atoms with Crippen LogP contribution in [0.25, 0.3) is 0 Å². The molecule has 0 aliphatic carbocycles. The minimum atomic E-state index is -1.43. The summed E-state index contributed by atoms with van der Waals surface area (Å²) < 4.78 is 5.24. The number of aliphatic hydroxyl groups excluding tert-OH is 4. The van der Waals surface area contributed by atoms with Crippen LogP contribution in [0, 0.1) is 0 Å². The number of ether oxygens (including phenoxy) is 1. The Morgan fingerprint density at radius 1 is 1.28 bits per heavy atom. The highest BCUT2D eigenvalue weighted by molar-refractivity contribution is 8.14. The molecule has 1 aliphatic heterocycles. The van der Waals surface area contributed by atoms with Gasteiger partial charge in [-0.25, -0.2) is 0 Å². The Morgan fingerprint density at radius 3 is 2.44 bits per heavy atom. The van der Waals surface area contributed by atoms with Crippen molar-refractivity contribution >= 4 is 16.8 Å². The van der Waals surface area contributed by atoms with E-state index in [2.05, 4.69) is 11.7 Å². The summed E-state index contributed by atoms with van der Waals surface area (Å²) in [4.78, 5) is 0. The molecule has 0 amide bonds. The Labute approximate surface area is 108 Å². The maximum absolute atomic E-state index is 9.73. The maximum atomic E-state index is 9.73. The maximum Gasteiger partial charge on any atom is 0.138 e. The van der Waals surface area contributed by atoms with E-state index in [0.717, 1.165) is 11.8 Å². The summed E-state index contributed by atoms with van der Waals surface area (Å²) in [6.07, 6.45) is -3.37. The largest absolute Gasteiger partial charge is 0.410 e. The molecule has 0 bridgehead atoms. The third-order valence-corrected chi connectivity index (χ3v) is 3.67. The predicted octanol–water partition coefficient (Wildman–Crippen LogP) is -1.12.